The maximum Gasteiger partial charge on any atom is 0.218 e. The average Bonchev–Trinajstić information content (AvgIpc) is 3.03. The molecule has 1 atom stereocenters. The predicted molar refractivity (Wildman–Crippen MR) is 66.1 cm³/mol. The van der Waals surface area contributed by atoms with Gasteiger partial charge in [-0.2, -0.15) is 0 Å². The van der Waals surface area contributed by atoms with Crippen molar-refractivity contribution >= 4 is 11.1 Å². The summed E-state index contributed by atoms with van der Waals surface area (Å²) in [6.45, 7) is 0.826. The second-order valence-corrected chi connectivity index (χ2v) is 4.57. The number of nitrogens with one attached hydrogen (secondary N) is 2. The van der Waals surface area contributed by atoms with Gasteiger partial charge in [0.15, 0.2) is 5.58 Å². The Balaban J connectivity index is 1.83. The first-order chi connectivity index (χ1) is 9.31. The van der Waals surface area contributed by atoms with E-state index >= 15 is 0 Å². The van der Waals surface area contributed by atoms with Crippen molar-refractivity contribution in [2.24, 2.45) is 0 Å². The first-order valence-corrected chi connectivity index (χ1v) is 6.13. The van der Waals surface area contributed by atoms with E-state index in [1.54, 1.807) is 12.4 Å². The molecule has 0 amide bonds. The Morgan fingerprint density at radius 1 is 1.37 bits per heavy atom. The number of hydrogen-bond acceptors (Lipinski definition) is 4. The lowest BCUT2D eigenvalue weighted by Gasteiger charge is -2.19. The standard InChI is InChI=1S/C13H11FN4O/c14-7-1-2-10-9(5-7)18-13(19-10)12-11-8(3-4-15-12)16-6-17-11/h1-2,5-6,12,15H,3-4H2,(H,16,17)/t12-/m1/s1. The molecule has 3 heterocycles. The third kappa shape index (κ3) is 1.64. The molecule has 6 heteroatoms. The van der Waals surface area contributed by atoms with E-state index in [9.17, 15) is 4.39 Å². The minimum absolute atomic E-state index is 0.175. The fraction of sp³-hybridized carbons (Fsp3) is 0.231. The van der Waals surface area contributed by atoms with E-state index in [2.05, 4.69) is 20.3 Å². The van der Waals surface area contributed by atoms with Crippen LogP contribution in [0.15, 0.2) is 28.9 Å². The molecule has 3 aromatic rings. The molecule has 0 spiro atoms. The number of benzene rings is 1. The third-order valence-electron chi connectivity index (χ3n) is 3.36. The molecule has 0 unspecified atom stereocenters. The second-order valence-electron chi connectivity index (χ2n) is 4.57. The van der Waals surface area contributed by atoms with Gasteiger partial charge in [0.25, 0.3) is 0 Å². The number of aromatic amines is 1. The van der Waals surface area contributed by atoms with Crippen molar-refractivity contribution in [2.45, 2.75) is 12.5 Å². The number of aromatic nitrogens is 3. The van der Waals surface area contributed by atoms with E-state index in [-0.39, 0.29) is 11.9 Å². The van der Waals surface area contributed by atoms with Crippen LogP contribution in [0, 0.1) is 5.82 Å². The summed E-state index contributed by atoms with van der Waals surface area (Å²) < 4.78 is 18.9. The molecule has 1 aromatic carbocycles. The number of imidazole rings is 1. The van der Waals surface area contributed by atoms with Crippen LogP contribution in [0.4, 0.5) is 4.39 Å². The summed E-state index contributed by atoms with van der Waals surface area (Å²) in [6, 6.07) is 4.16. The van der Waals surface area contributed by atoms with E-state index < -0.39 is 0 Å². The quantitative estimate of drug-likeness (QED) is 0.700. The molecule has 2 N–H and O–H groups in total. The Morgan fingerprint density at radius 3 is 3.26 bits per heavy atom. The number of halogens is 1. The Bertz CT molecular complexity index is 748. The van der Waals surface area contributed by atoms with Gasteiger partial charge in [-0.15, -0.1) is 0 Å². The van der Waals surface area contributed by atoms with Gasteiger partial charge in [-0.25, -0.2) is 14.4 Å². The van der Waals surface area contributed by atoms with Crippen LogP contribution < -0.4 is 5.32 Å². The van der Waals surface area contributed by atoms with Crippen LogP contribution in [-0.4, -0.2) is 21.5 Å². The average molecular weight is 258 g/mol. The van der Waals surface area contributed by atoms with Crippen LogP contribution in [0.2, 0.25) is 0 Å². The van der Waals surface area contributed by atoms with Crippen LogP contribution in [0.5, 0.6) is 0 Å². The summed E-state index contributed by atoms with van der Waals surface area (Å²) in [6.07, 6.45) is 2.58. The van der Waals surface area contributed by atoms with E-state index in [1.165, 1.54) is 12.1 Å². The zero-order valence-corrected chi connectivity index (χ0v) is 9.98. The first-order valence-electron chi connectivity index (χ1n) is 6.13. The monoisotopic (exact) mass is 258 g/mol. The van der Waals surface area contributed by atoms with Crippen LogP contribution in [0.3, 0.4) is 0 Å². The van der Waals surface area contributed by atoms with Gasteiger partial charge in [-0.05, 0) is 12.1 Å². The minimum atomic E-state index is -0.315. The maximum absolute atomic E-state index is 13.2. The Morgan fingerprint density at radius 2 is 2.32 bits per heavy atom. The van der Waals surface area contributed by atoms with E-state index in [4.69, 9.17) is 4.42 Å². The van der Waals surface area contributed by atoms with Crippen molar-refractivity contribution in [1.29, 1.82) is 0 Å². The van der Waals surface area contributed by atoms with Gasteiger partial charge in [0.1, 0.15) is 17.4 Å². The summed E-state index contributed by atoms with van der Waals surface area (Å²) in [7, 11) is 0. The Hall–Kier alpha value is -2.21. The molecule has 2 aromatic heterocycles. The van der Waals surface area contributed by atoms with Crippen LogP contribution in [0.1, 0.15) is 23.3 Å². The zero-order chi connectivity index (χ0) is 12.8. The maximum atomic E-state index is 13.2. The lowest BCUT2D eigenvalue weighted by molar-refractivity contribution is 0.433. The number of fused-ring (bicyclic) bond motifs is 2. The molecular formula is C13H11FN4O. The number of H-pyrrole nitrogens is 1. The van der Waals surface area contributed by atoms with Gasteiger partial charge in [-0.3, -0.25) is 0 Å². The molecule has 4 rings (SSSR count). The van der Waals surface area contributed by atoms with Gasteiger partial charge < -0.3 is 14.7 Å². The molecule has 5 nitrogen and oxygen atoms in total. The van der Waals surface area contributed by atoms with Gasteiger partial charge >= 0.3 is 0 Å². The lowest BCUT2D eigenvalue weighted by Crippen LogP contribution is -2.30. The highest BCUT2D eigenvalue weighted by Gasteiger charge is 2.27. The fourth-order valence-electron chi connectivity index (χ4n) is 2.46. The van der Waals surface area contributed by atoms with E-state index in [0.717, 1.165) is 24.4 Å². The van der Waals surface area contributed by atoms with E-state index in [1.807, 2.05) is 0 Å². The number of hydrogen-bond donors (Lipinski definition) is 2. The minimum Gasteiger partial charge on any atom is -0.439 e. The molecule has 19 heavy (non-hydrogen) atoms. The molecule has 0 saturated carbocycles. The summed E-state index contributed by atoms with van der Waals surface area (Å²) in [4.78, 5) is 11.8. The highest BCUT2D eigenvalue weighted by molar-refractivity contribution is 5.72. The van der Waals surface area contributed by atoms with Crippen molar-refractivity contribution in [2.75, 3.05) is 6.54 Å². The SMILES string of the molecule is Fc1ccc2oc([C@@H]3NCCc4[nH]cnc43)nc2c1. The van der Waals surface area contributed by atoms with E-state index in [0.29, 0.717) is 17.0 Å². The molecule has 1 aliphatic heterocycles. The highest BCUT2D eigenvalue weighted by atomic mass is 19.1. The largest absolute Gasteiger partial charge is 0.439 e. The number of nitrogens with zero attached hydrogens (tertiary/aromatic N) is 2. The Labute approximate surface area is 107 Å². The van der Waals surface area contributed by atoms with Crippen molar-refractivity contribution in [3.63, 3.8) is 0 Å². The van der Waals surface area contributed by atoms with Crippen LogP contribution >= 0.6 is 0 Å². The van der Waals surface area contributed by atoms with Crippen LogP contribution in [0.25, 0.3) is 11.1 Å². The number of oxazole rings is 1. The second kappa shape index (κ2) is 3.89. The van der Waals surface area contributed by atoms with Crippen molar-refractivity contribution in [3.8, 4) is 0 Å². The normalized spacial score (nSPS) is 18.7. The first kappa shape index (κ1) is 10.7. The van der Waals surface area contributed by atoms with Crippen molar-refractivity contribution in [1.82, 2.24) is 20.3 Å². The zero-order valence-electron chi connectivity index (χ0n) is 9.98. The summed E-state index contributed by atoms with van der Waals surface area (Å²) >= 11 is 0. The molecule has 0 fully saturated rings. The molecular weight excluding hydrogens is 247 g/mol. The summed E-state index contributed by atoms with van der Waals surface area (Å²) in [5.41, 5.74) is 3.11. The van der Waals surface area contributed by atoms with Crippen molar-refractivity contribution < 1.29 is 8.81 Å². The molecule has 1 aliphatic rings. The van der Waals surface area contributed by atoms with Gasteiger partial charge in [0, 0.05) is 24.7 Å². The fourth-order valence-corrected chi connectivity index (χ4v) is 2.46. The third-order valence-corrected chi connectivity index (χ3v) is 3.36. The summed E-state index contributed by atoms with van der Waals surface area (Å²) in [5, 5.41) is 3.32. The van der Waals surface area contributed by atoms with Crippen LogP contribution in [-0.2, 0) is 6.42 Å². The highest BCUT2D eigenvalue weighted by Crippen LogP contribution is 2.28. The summed E-state index contributed by atoms with van der Waals surface area (Å²) in [5.74, 6) is 0.207. The van der Waals surface area contributed by atoms with Gasteiger partial charge in [-0.1, -0.05) is 0 Å². The smallest absolute Gasteiger partial charge is 0.218 e. The number of rotatable bonds is 1. The van der Waals surface area contributed by atoms with Crippen molar-refractivity contribution in [3.05, 3.63) is 47.6 Å². The molecule has 96 valence electrons. The predicted octanol–water partition coefficient (Wildman–Crippen LogP) is 1.93. The lowest BCUT2D eigenvalue weighted by atomic mass is 10.1. The van der Waals surface area contributed by atoms with Gasteiger partial charge in [0.2, 0.25) is 5.89 Å². The molecule has 0 radical (unpaired) electrons. The molecule has 0 bridgehead atoms. The molecule has 0 aliphatic carbocycles. The molecule has 0 saturated heterocycles. The Kier molecular flexibility index (Phi) is 2.19. The topological polar surface area (TPSA) is 66.7 Å². The van der Waals surface area contributed by atoms with Gasteiger partial charge in [0.05, 0.1) is 12.0 Å².